The van der Waals surface area contributed by atoms with Crippen LogP contribution in [-0.4, -0.2) is 12.5 Å². The Hall–Kier alpha value is -3.27. The van der Waals surface area contributed by atoms with E-state index in [-0.39, 0.29) is 5.91 Å². The predicted molar refractivity (Wildman–Crippen MR) is 110 cm³/mol. The number of hydrogen-bond donors (Lipinski definition) is 2. The maximum absolute atomic E-state index is 12.0. The van der Waals surface area contributed by atoms with Gasteiger partial charge in [0.15, 0.2) is 0 Å². The van der Waals surface area contributed by atoms with E-state index in [1.54, 1.807) is 0 Å². The van der Waals surface area contributed by atoms with Crippen molar-refractivity contribution in [1.82, 2.24) is 0 Å². The molecular formula is C23H24N2O2. The average Bonchev–Trinajstić information content (AvgIpc) is 2.70. The fourth-order valence-electron chi connectivity index (χ4n) is 2.59. The molecule has 4 heteroatoms. The number of ether oxygens (including phenoxy) is 1. The van der Waals surface area contributed by atoms with Crippen LogP contribution >= 0.6 is 0 Å². The quantitative estimate of drug-likeness (QED) is 0.593. The Kier molecular flexibility index (Phi) is 6.47. The number of carbonyl (C=O) groups excluding carboxylic acids is 1. The fraction of sp³-hybridized carbons (Fsp3) is 0.174. The predicted octanol–water partition coefficient (Wildman–Crippen LogP) is 5.01. The Balaban J connectivity index is 1.39. The topological polar surface area (TPSA) is 50.4 Å². The molecule has 0 spiro atoms. The number of benzene rings is 3. The molecule has 2 N–H and O–H groups in total. The maximum atomic E-state index is 12.0. The summed E-state index contributed by atoms with van der Waals surface area (Å²) in [6.07, 6.45) is 0.403. The molecule has 138 valence electrons. The molecule has 3 aromatic carbocycles. The third-order valence-electron chi connectivity index (χ3n) is 4.12. The molecule has 0 aliphatic rings. The van der Waals surface area contributed by atoms with Gasteiger partial charge in [-0.15, -0.1) is 0 Å². The zero-order valence-electron chi connectivity index (χ0n) is 15.4. The van der Waals surface area contributed by atoms with Crippen LogP contribution < -0.4 is 15.4 Å². The molecule has 4 nitrogen and oxygen atoms in total. The minimum atomic E-state index is -0.00540. The van der Waals surface area contributed by atoms with E-state index in [0.717, 1.165) is 22.7 Å². The highest BCUT2D eigenvalue weighted by atomic mass is 16.5. The van der Waals surface area contributed by atoms with Gasteiger partial charge in [-0.1, -0.05) is 48.0 Å². The second-order valence-corrected chi connectivity index (χ2v) is 6.39. The van der Waals surface area contributed by atoms with E-state index in [9.17, 15) is 4.79 Å². The summed E-state index contributed by atoms with van der Waals surface area (Å²) in [5.74, 6) is 0.815. The van der Waals surface area contributed by atoms with E-state index in [1.165, 1.54) is 5.56 Å². The second kappa shape index (κ2) is 9.43. The van der Waals surface area contributed by atoms with Crippen LogP contribution in [0.15, 0.2) is 78.9 Å². The number of aryl methyl sites for hydroxylation is 1. The number of carbonyl (C=O) groups is 1. The first-order valence-corrected chi connectivity index (χ1v) is 9.06. The van der Waals surface area contributed by atoms with Crippen molar-refractivity contribution in [3.8, 4) is 5.75 Å². The van der Waals surface area contributed by atoms with Crippen molar-refractivity contribution in [1.29, 1.82) is 0 Å². The fourth-order valence-corrected chi connectivity index (χ4v) is 2.59. The summed E-state index contributed by atoms with van der Waals surface area (Å²) in [4.78, 5) is 12.0. The monoisotopic (exact) mass is 360 g/mol. The number of hydrogen-bond acceptors (Lipinski definition) is 3. The molecule has 0 bridgehead atoms. The van der Waals surface area contributed by atoms with E-state index < -0.39 is 0 Å². The molecule has 1 amide bonds. The van der Waals surface area contributed by atoms with Crippen molar-refractivity contribution < 1.29 is 9.53 Å². The first-order valence-electron chi connectivity index (χ1n) is 9.06. The third-order valence-corrected chi connectivity index (χ3v) is 4.12. The number of nitrogens with one attached hydrogen (secondary N) is 2. The van der Waals surface area contributed by atoms with Gasteiger partial charge >= 0.3 is 0 Å². The lowest BCUT2D eigenvalue weighted by molar-refractivity contribution is -0.115. The van der Waals surface area contributed by atoms with E-state index in [0.29, 0.717) is 19.6 Å². The number of amides is 1. The van der Waals surface area contributed by atoms with Gasteiger partial charge in [-0.3, -0.25) is 4.79 Å². The molecule has 0 heterocycles. The highest BCUT2D eigenvalue weighted by Gasteiger charge is 2.02. The van der Waals surface area contributed by atoms with Gasteiger partial charge in [0, 0.05) is 24.3 Å². The summed E-state index contributed by atoms with van der Waals surface area (Å²) in [6, 6.07) is 25.6. The summed E-state index contributed by atoms with van der Waals surface area (Å²) in [5, 5.41) is 6.15. The van der Waals surface area contributed by atoms with Gasteiger partial charge in [0.25, 0.3) is 0 Å². The molecule has 27 heavy (non-hydrogen) atoms. The van der Waals surface area contributed by atoms with Gasteiger partial charge in [0.05, 0.1) is 0 Å². The van der Waals surface area contributed by atoms with Crippen molar-refractivity contribution in [3.63, 3.8) is 0 Å². The zero-order valence-corrected chi connectivity index (χ0v) is 15.4. The van der Waals surface area contributed by atoms with Crippen LogP contribution in [0, 0.1) is 6.92 Å². The maximum Gasteiger partial charge on any atom is 0.226 e. The molecule has 0 aromatic heterocycles. The van der Waals surface area contributed by atoms with Crippen molar-refractivity contribution >= 4 is 17.3 Å². The molecule has 3 rings (SSSR count). The lowest BCUT2D eigenvalue weighted by Crippen LogP contribution is -2.16. The molecular weight excluding hydrogens is 336 g/mol. The Morgan fingerprint density at radius 1 is 0.852 bits per heavy atom. The number of anilines is 2. The summed E-state index contributed by atoms with van der Waals surface area (Å²) < 4.78 is 5.77. The Labute approximate surface area is 160 Å². The highest BCUT2D eigenvalue weighted by Crippen LogP contribution is 2.17. The normalized spacial score (nSPS) is 10.3. The van der Waals surface area contributed by atoms with Crippen LogP contribution in [0.4, 0.5) is 11.4 Å². The minimum Gasteiger partial charge on any atom is -0.489 e. The van der Waals surface area contributed by atoms with Gasteiger partial charge < -0.3 is 15.4 Å². The highest BCUT2D eigenvalue weighted by molar-refractivity contribution is 5.90. The van der Waals surface area contributed by atoms with E-state index in [2.05, 4.69) is 10.6 Å². The number of rotatable bonds is 8. The summed E-state index contributed by atoms with van der Waals surface area (Å²) in [6.45, 7) is 3.14. The summed E-state index contributed by atoms with van der Waals surface area (Å²) in [5.41, 5.74) is 4.10. The first kappa shape index (κ1) is 18.5. The van der Waals surface area contributed by atoms with Crippen LogP contribution in [0.3, 0.4) is 0 Å². The van der Waals surface area contributed by atoms with E-state index in [4.69, 9.17) is 4.74 Å². The smallest absolute Gasteiger partial charge is 0.226 e. The van der Waals surface area contributed by atoms with E-state index >= 15 is 0 Å². The molecule has 0 aliphatic carbocycles. The van der Waals surface area contributed by atoms with Gasteiger partial charge in [0.1, 0.15) is 12.4 Å². The summed E-state index contributed by atoms with van der Waals surface area (Å²) >= 11 is 0. The van der Waals surface area contributed by atoms with Gasteiger partial charge in [-0.2, -0.15) is 0 Å². The largest absolute Gasteiger partial charge is 0.489 e. The van der Waals surface area contributed by atoms with Crippen LogP contribution in [0.1, 0.15) is 17.5 Å². The van der Waals surface area contributed by atoms with Crippen molar-refractivity contribution in [2.24, 2.45) is 0 Å². The molecule has 0 radical (unpaired) electrons. The minimum absolute atomic E-state index is 0.00540. The summed E-state index contributed by atoms with van der Waals surface area (Å²) in [7, 11) is 0. The lowest BCUT2D eigenvalue weighted by atomic mass is 10.2. The molecule has 3 aromatic rings. The zero-order chi connectivity index (χ0) is 18.9. The Morgan fingerprint density at radius 2 is 1.52 bits per heavy atom. The van der Waals surface area contributed by atoms with E-state index in [1.807, 2.05) is 85.8 Å². The van der Waals surface area contributed by atoms with Crippen LogP contribution in [0.25, 0.3) is 0 Å². The SMILES string of the molecule is Cc1ccc(NC(=O)CCNc2ccc(OCc3ccccc3)cc2)cc1. The van der Waals surface area contributed by atoms with Crippen molar-refractivity contribution in [2.75, 3.05) is 17.2 Å². The van der Waals surface area contributed by atoms with Gasteiger partial charge in [-0.25, -0.2) is 0 Å². The molecule has 0 saturated carbocycles. The van der Waals surface area contributed by atoms with Crippen LogP contribution in [0.2, 0.25) is 0 Å². The molecule has 0 atom stereocenters. The van der Waals surface area contributed by atoms with Crippen LogP contribution in [0.5, 0.6) is 5.75 Å². The first-order chi connectivity index (χ1) is 13.2. The van der Waals surface area contributed by atoms with Crippen molar-refractivity contribution in [3.05, 3.63) is 90.0 Å². The van der Waals surface area contributed by atoms with Gasteiger partial charge in [-0.05, 0) is 48.9 Å². The molecule has 0 unspecified atom stereocenters. The third kappa shape index (κ3) is 6.19. The Bertz CT molecular complexity index is 844. The van der Waals surface area contributed by atoms with Crippen molar-refractivity contribution in [2.45, 2.75) is 20.0 Å². The Morgan fingerprint density at radius 3 is 2.22 bits per heavy atom. The van der Waals surface area contributed by atoms with Gasteiger partial charge in [0.2, 0.25) is 5.91 Å². The standard InChI is InChI=1S/C23H24N2O2/c1-18-7-9-21(10-8-18)25-23(26)15-16-24-20-11-13-22(14-12-20)27-17-19-5-3-2-4-6-19/h2-14,24H,15-17H2,1H3,(H,25,26). The molecule has 0 aliphatic heterocycles. The second-order valence-electron chi connectivity index (χ2n) is 6.39. The van der Waals surface area contributed by atoms with Crippen LogP contribution in [-0.2, 0) is 11.4 Å². The molecule has 0 saturated heterocycles. The molecule has 0 fully saturated rings. The lowest BCUT2D eigenvalue weighted by Gasteiger charge is -2.10. The average molecular weight is 360 g/mol.